The van der Waals surface area contributed by atoms with Crippen molar-refractivity contribution in [3.8, 4) is 0 Å². The van der Waals surface area contributed by atoms with Crippen molar-refractivity contribution < 1.29 is 0 Å². The molecule has 0 heterocycles. The van der Waals surface area contributed by atoms with Crippen LogP contribution in [0.5, 0.6) is 0 Å². The fourth-order valence-electron chi connectivity index (χ4n) is 2.08. The second-order valence-electron chi connectivity index (χ2n) is 5.76. The van der Waals surface area contributed by atoms with Crippen molar-refractivity contribution in [1.82, 2.24) is 0 Å². The molecule has 0 rings (SSSR count). The Morgan fingerprint density at radius 2 is 0.875 bits per heavy atom. The summed E-state index contributed by atoms with van der Waals surface area (Å²) in [7, 11) is 0. The van der Waals surface area contributed by atoms with Crippen LogP contribution in [0.15, 0.2) is 72.9 Å². The molecule has 0 bridgehead atoms. The summed E-state index contributed by atoms with van der Waals surface area (Å²) in [5.41, 5.74) is 0. The molecule has 0 saturated carbocycles. The number of unbranched alkanes of at least 4 members (excludes halogenated alkanes) is 3. The summed E-state index contributed by atoms with van der Waals surface area (Å²) < 4.78 is 0. The van der Waals surface area contributed by atoms with Crippen LogP contribution in [0, 0.1) is 6.92 Å². The number of hydrogen-bond acceptors (Lipinski definition) is 0. The Balaban J connectivity index is 3.46. The Bertz CT molecular complexity index is 402. The Kier molecular flexibility index (Phi) is 20.0. The van der Waals surface area contributed by atoms with E-state index >= 15 is 0 Å². The van der Waals surface area contributed by atoms with Gasteiger partial charge in [-0.15, -0.1) is 0 Å². The zero-order chi connectivity index (χ0) is 17.6. The molecule has 0 aliphatic rings. The van der Waals surface area contributed by atoms with E-state index in [-0.39, 0.29) is 0 Å². The highest BCUT2D eigenvalue weighted by molar-refractivity contribution is 5.01. The molecule has 0 saturated heterocycles. The molecule has 0 atom stereocenters. The lowest BCUT2D eigenvalue weighted by Gasteiger charge is -1.90. The molecule has 0 N–H and O–H groups in total. The third-order valence-corrected chi connectivity index (χ3v) is 3.47. The van der Waals surface area contributed by atoms with Crippen molar-refractivity contribution in [2.75, 3.05) is 0 Å². The second-order valence-corrected chi connectivity index (χ2v) is 5.76. The normalized spacial score (nSPS) is 13.2. The van der Waals surface area contributed by atoms with Gasteiger partial charge in [-0.05, 0) is 51.4 Å². The summed E-state index contributed by atoms with van der Waals surface area (Å²) in [6.07, 6.45) is 38.0. The summed E-state index contributed by atoms with van der Waals surface area (Å²) in [5, 5.41) is 0. The summed E-state index contributed by atoms with van der Waals surface area (Å²) >= 11 is 0. The van der Waals surface area contributed by atoms with Crippen molar-refractivity contribution in [3.63, 3.8) is 0 Å². The monoisotopic (exact) mass is 325 g/mol. The van der Waals surface area contributed by atoms with E-state index in [4.69, 9.17) is 0 Å². The van der Waals surface area contributed by atoms with Crippen LogP contribution in [0.4, 0.5) is 0 Å². The van der Waals surface area contributed by atoms with Gasteiger partial charge in [0.15, 0.2) is 0 Å². The largest absolute Gasteiger partial charge is 0.0885 e. The predicted molar refractivity (Wildman–Crippen MR) is 112 cm³/mol. The molecule has 0 unspecified atom stereocenters. The van der Waals surface area contributed by atoms with E-state index in [9.17, 15) is 0 Å². The van der Waals surface area contributed by atoms with Crippen molar-refractivity contribution in [3.05, 3.63) is 79.8 Å². The van der Waals surface area contributed by atoms with Crippen molar-refractivity contribution in [1.29, 1.82) is 0 Å². The second kappa shape index (κ2) is 21.4. The van der Waals surface area contributed by atoms with Crippen molar-refractivity contribution >= 4 is 0 Å². The first-order valence-corrected chi connectivity index (χ1v) is 9.61. The minimum absolute atomic E-state index is 1.03. The van der Waals surface area contributed by atoms with Gasteiger partial charge in [0, 0.05) is 0 Å². The maximum atomic E-state index is 3.85. The minimum atomic E-state index is 1.03. The molecule has 0 fully saturated rings. The smallest absolute Gasteiger partial charge is 0.0169 e. The lowest BCUT2D eigenvalue weighted by atomic mass is 10.2. The van der Waals surface area contributed by atoms with Crippen molar-refractivity contribution in [2.45, 2.75) is 71.1 Å². The first-order chi connectivity index (χ1) is 11.9. The molecule has 0 amide bonds. The summed E-state index contributed by atoms with van der Waals surface area (Å²) in [6, 6.07) is 0. The molecule has 0 aliphatic carbocycles. The van der Waals surface area contributed by atoms with Crippen LogP contribution >= 0.6 is 0 Å². The van der Waals surface area contributed by atoms with E-state index < -0.39 is 0 Å². The van der Waals surface area contributed by atoms with Crippen LogP contribution < -0.4 is 0 Å². The molecule has 0 nitrogen and oxygen atoms in total. The molecule has 133 valence electrons. The van der Waals surface area contributed by atoms with E-state index in [1.165, 1.54) is 19.3 Å². The van der Waals surface area contributed by atoms with Gasteiger partial charge in [0.1, 0.15) is 0 Å². The third-order valence-electron chi connectivity index (χ3n) is 3.47. The van der Waals surface area contributed by atoms with Crippen LogP contribution in [-0.2, 0) is 0 Å². The highest BCUT2D eigenvalue weighted by atomic mass is 13.9. The number of hydrogen-bond donors (Lipinski definition) is 0. The Morgan fingerprint density at radius 1 is 0.500 bits per heavy atom. The molecule has 0 heteroatoms. The van der Waals surface area contributed by atoms with Gasteiger partial charge in [-0.1, -0.05) is 99.6 Å². The van der Waals surface area contributed by atoms with E-state index in [2.05, 4.69) is 86.8 Å². The average Bonchev–Trinajstić information content (AvgIpc) is 2.60. The maximum absolute atomic E-state index is 3.85. The third kappa shape index (κ3) is 20.4. The van der Waals surface area contributed by atoms with Gasteiger partial charge < -0.3 is 0 Å². The van der Waals surface area contributed by atoms with E-state index in [0.29, 0.717) is 0 Å². The van der Waals surface area contributed by atoms with Gasteiger partial charge in [0.2, 0.25) is 0 Å². The molecule has 0 aromatic heterocycles. The molecular weight excluding hydrogens is 288 g/mol. The fourth-order valence-corrected chi connectivity index (χ4v) is 2.08. The topological polar surface area (TPSA) is 0 Å². The van der Waals surface area contributed by atoms with E-state index in [1.54, 1.807) is 0 Å². The highest BCUT2D eigenvalue weighted by Gasteiger charge is 1.80. The van der Waals surface area contributed by atoms with E-state index in [1.807, 2.05) is 0 Å². The van der Waals surface area contributed by atoms with Crippen LogP contribution in [-0.4, -0.2) is 0 Å². The van der Waals surface area contributed by atoms with Crippen LogP contribution in [0.1, 0.15) is 71.1 Å². The van der Waals surface area contributed by atoms with Crippen LogP contribution in [0.25, 0.3) is 0 Å². The van der Waals surface area contributed by atoms with Gasteiger partial charge in [0.05, 0.1) is 0 Å². The summed E-state index contributed by atoms with van der Waals surface area (Å²) in [5.74, 6) is 0. The zero-order valence-electron chi connectivity index (χ0n) is 15.7. The SMILES string of the molecule is [CH2]CCCC/C=C\C/C=C\C/C=C\C/C=C\C/C=C\C/C=C\CC. The molecule has 24 heavy (non-hydrogen) atoms. The quantitative estimate of drug-likeness (QED) is 0.211. The zero-order valence-corrected chi connectivity index (χ0v) is 15.7. The van der Waals surface area contributed by atoms with Crippen LogP contribution in [0.2, 0.25) is 0 Å². The molecule has 0 aliphatic heterocycles. The maximum Gasteiger partial charge on any atom is -0.0169 e. The Morgan fingerprint density at radius 3 is 1.25 bits per heavy atom. The first-order valence-electron chi connectivity index (χ1n) is 9.61. The molecule has 0 spiro atoms. The number of rotatable bonds is 15. The van der Waals surface area contributed by atoms with Gasteiger partial charge >= 0.3 is 0 Å². The van der Waals surface area contributed by atoms with Gasteiger partial charge in [0.25, 0.3) is 0 Å². The highest BCUT2D eigenvalue weighted by Crippen LogP contribution is 2.00. The first kappa shape index (κ1) is 22.4. The summed E-state index contributed by atoms with van der Waals surface area (Å²) in [6.45, 7) is 6.02. The minimum Gasteiger partial charge on any atom is -0.0885 e. The summed E-state index contributed by atoms with van der Waals surface area (Å²) in [4.78, 5) is 0. The van der Waals surface area contributed by atoms with Crippen LogP contribution in [0.3, 0.4) is 0 Å². The average molecular weight is 326 g/mol. The fraction of sp³-hybridized carbons (Fsp3) is 0.458. The van der Waals surface area contributed by atoms with Gasteiger partial charge in [-0.25, -0.2) is 0 Å². The Labute approximate surface area is 151 Å². The molecule has 1 radical (unpaired) electrons. The van der Waals surface area contributed by atoms with E-state index in [0.717, 1.165) is 44.9 Å². The lowest BCUT2D eigenvalue weighted by molar-refractivity contribution is 0.759. The van der Waals surface area contributed by atoms with Gasteiger partial charge in [-0.3, -0.25) is 0 Å². The predicted octanol–water partition coefficient (Wildman–Crippen LogP) is 8.08. The van der Waals surface area contributed by atoms with Gasteiger partial charge in [-0.2, -0.15) is 0 Å². The standard InChI is InChI=1S/C24H37/c1-3-5-7-9-11-13-15-17-19-21-23-24-22-20-18-16-14-12-10-8-6-4-2/h6,8,11-14,17-20,23-24H,1,3-5,7,9-10,15-16,21-22H2,2H3/b8-6-,13-11-,14-12-,19-17-,20-18-,24-23-. The molecule has 0 aromatic rings. The molecule has 0 aromatic carbocycles. The molecular formula is C24H37. The Hall–Kier alpha value is -1.56. The number of allylic oxidation sites excluding steroid dienone is 12. The van der Waals surface area contributed by atoms with Crippen molar-refractivity contribution in [2.24, 2.45) is 0 Å². The lowest BCUT2D eigenvalue weighted by Crippen LogP contribution is -1.70.